The Balaban J connectivity index is 2.29. The molecule has 1 aliphatic rings. The summed E-state index contributed by atoms with van der Waals surface area (Å²) in [6.07, 6.45) is 2.88. The van der Waals surface area contributed by atoms with E-state index < -0.39 is 5.97 Å². The number of hydrogen-bond acceptors (Lipinski definition) is 2. The number of amides is 1. The second-order valence-corrected chi connectivity index (χ2v) is 6.59. The molecule has 1 aliphatic carbocycles. The Morgan fingerprint density at radius 2 is 1.90 bits per heavy atom. The van der Waals surface area contributed by atoms with Crippen LogP contribution in [0, 0.1) is 18.3 Å². The van der Waals surface area contributed by atoms with Crippen LogP contribution >= 0.6 is 0 Å². The number of rotatable bonds is 4. The van der Waals surface area contributed by atoms with Gasteiger partial charge in [-0.2, -0.15) is 0 Å². The van der Waals surface area contributed by atoms with Crippen molar-refractivity contribution in [3.63, 3.8) is 0 Å². The minimum absolute atomic E-state index is 0.0570. The Kier molecular flexibility index (Phi) is 4.35. The highest BCUT2D eigenvalue weighted by molar-refractivity contribution is 5.99. The van der Waals surface area contributed by atoms with E-state index in [1.807, 2.05) is 31.2 Å². The van der Waals surface area contributed by atoms with E-state index >= 15 is 0 Å². The molecule has 1 N–H and O–H groups in total. The van der Waals surface area contributed by atoms with Crippen molar-refractivity contribution in [3.8, 4) is 0 Å². The molecule has 4 nitrogen and oxygen atoms in total. The number of aryl methyl sites for hydroxylation is 1. The van der Waals surface area contributed by atoms with Crippen molar-refractivity contribution >= 4 is 17.6 Å². The molecule has 0 aromatic heterocycles. The number of benzene rings is 1. The summed E-state index contributed by atoms with van der Waals surface area (Å²) < 4.78 is 0. The van der Waals surface area contributed by atoms with Gasteiger partial charge in [-0.25, -0.2) is 0 Å². The number of carboxylic acids is 1. The summed E-state index contributed by atoms with van der Waals surface area (Å²) in [6.45, 7) is 5.87. The first-order valence-electron chi connectivity index (χ1n) is 7.41. The lowest BCUT2D eigenvalue weighted by Crippen LogP contribution is -2.42. The van der Waals surface area contributed by atoms with Crippen LogP contribution in [0.5, 0.6) is 0 Å². The molecule has 1 fully saturated rings. The number of hydrogen-bond donors (Lipinski definition) is 1. The highest BCUT2D eigenvalue weighted by Gasteiger charge is 2.41. The third-order valence-electron chi connectivity index (χ3n) is 4.46. The molecule has 21 heavy (non-hydrogen) atoms. The Hall–Kier alpha value is -1.84. The van der Waals surface area contributed by atoms with Crippen LogP contribution < -0.4 is 4.90 Å². The highest BCUT2D eigenvalue weighted by Crippen LogP contribution is 2.43. The van der Waals surface area contributed by atoms with E-state index in [4.69, 9.17) is 5.11 Å². The van der Waals surface area contributed by atoms with E-state index in [1.54, 1.807) is 0 Å². The molecular weight excluding hydrogens is 266 g/mol. The van der Waals surface area contributed by atoms with Crippen LogP contribution in [0.2, 0.25) is 0 Å². The van der Waals surface area contributed by atoms with Crippen molar-refractivity contribution in [2.24, 2.45) is 11.3 Å². The summed E-state index contributed by atoms with van der Waals surface area (Å²) >= 11 is 0. The Bertz CT molecular complexity index is 533. The zero-order chi connectivity index (χ0) is 15.6. The molecule has 1 amide bonds. The van der Waals surface area contributed by atoms with E-state index in [9.17, 15) is 9.59 Å². The lowest BCUT2D eigenvalue weighted by molar-refractivity contribution is -0.137. The monoisotopic (exact) mass is 289 g/mol. The van der Waals surface area contributed by atoms with Crippen molar-refractivity contribution in [2.75, 3.05) is 11.4 Å². The molecule has 0 radical (unpaired) electrons. The molecule has 1 unspecified atom stereocenters. The molecule has 1 saturated carbocycles. The van der Waals surface area contributed by atoms with Crippen molar-refractivity contribution in [1.82, 2.24) is 0 Å². The van der Waals surface area contributed by atoms with Gasteiger partial charge >= 0.3 is 5.97 Å². The van der Waals surface area contributed by atoms with Crippen molar-refractivity contribution in [3.05, 3.63) is 29.8 Å². The number of carboxylic acid groups (broad SMARTS) is 1. The van der Waals surface area contributed by atoms with Crippen molar-refractivity contribution in [1.29, 1.82) is 0 Å². The van der Waals surface area contributed by atoms with Crippen LogP contribution in [0.1, 0.15) is 38.7 Å². The smallest absolute Gasteiger partial charge is 0.323 e. The van der Waals surface area contributed by atoms with Gasteiger partial charge in [0.15, 0.2) is 0 Å². The van der Waals surface area contributed by atoms with Gasteiger partial charge in [0.1, 0.15) is 6.54 Å². The fourth-order valence-corrected chi connectivity index (χ4v) is 3.13. The van der Waals surface area contributed by atoms with E-state index in [0.29, 0.717) is 5.69 Å². The molecule has 0 saturated heterocycles. The zero-order valence-corrected chi connectivity index (χ0v) is 12.9. The Labute approximate surface area is 125 Å². The summed E-state index contributed by atoms with van der Waals surface area (Å²) in [7, 11) is 0. The topological polar surface area (TPSA) is 57.6 Å². The minimum atomic E-state index is -0.986. The molecule has 114 valence electrons. The van der Waals surface area contributed by atoms with Gasteiger partial charge in [0, 0.05) is 11.6 Å². The van der Waals surface area contributed by atoms with Gasteiger partial charge in [0.05, 0.1) is 0 Å². The number of carbonyl (C=O) groups is 2. The predicted octanol–water partition coefficient (Wildman–Crippen LogP) is 3.24. The summed E-state index contributed by atoms with van der Waals surface area (Å²) in [6, 6.07) is 7.44. The number of nitrogens with zero attached hydrogens (tertiary/aromatic N) is 1. The molecule has 0 aliphatic heterocycles. The molecule has 4 heteroatoms. The maximum Gasteiger partial charge on any atom is 0.323 e. The minimum Gasteiger partial charge on any atom is -0.480 e. The number of anilines is 1. The first kappa shape index (κ1) is 15.5. The average molecular weight is 289 g/mol. The third kappa shape index (κ3) is 3.43. The maximum absolute atomic E-state index is 12.8. The summed E-state index contributed by atoms with van der Waals surface area (Å²) in [4.78, 5) is 25.4. The van der Waals surface area contributed by atoms with E-state index in [0.717, 1.165) is 24.8 Å². The molecule has 1 aromatic rings. The van der Waals surface area contributed by atoms with Gasteiger partial charge in [-0.05, 0) is 37.3 Å². The van der Waals surface area contributed by atoms with Crippen LogP contribution in [-0.4, -0.2) is 23.5 Å². The van der Waals surface area contributed by atoms with E-state index in [1.165, 1.54) is 4.90 Å². The second kappa shape index (κ2) is 5.88. The van der Waals surface area contributed by atoms with Crippen molar-refractivity contribution < 1.29 is 14.7 Å². The van der Waals surface area contributed by atoms with Crippen LogP contribution in [0.3, 0.4) is 0 Å². The number of carbonyl (C=O) groups excluding carboxylic acids is 1. The van der Waals surface area contributed by atoms with Gasteiger partial charge in [0.25, 0.3) is 0 Å². The molecule has 0 spiro atoms. The third-order valence-corrected chi connectivity index (χ3v) is 4.46. The van der Waals surface area contributed by atoms with Gasteiger partial charge in [-0.1, -0.05) is 38.0 Å². The van der Waals surface area contributed by atoms with Gasteiger partial charge < -0.3 is 10.0 Å². The molecule has 2 rings (SSSR count). The highest BCUT2D eigenvalue weighted by atomic mass is 16.4. The summed E-state index contributed by atoms with van der Waals surface area (Å²) in [5, 5.41) is 9.13. The average Bonchev–Trinajstić information content (AvgIpc) is 2.76. The molecule has 1 aromatic carbocycles. The second-order valence-electron chi connectivity index (χ2n) is 6.59. The van der Waals surface area contributed by atoms with Crippen LogP contribution in [-0.2, 0) is 9.59 Å². The SMILES string of the molecule is Cc1ccc(N(CC(=O)O)C(=O)C2CCCC2(C)C)cc1. The molecule has 1 atom stereocenters. The van der Waals surface area contributed by atoms with Crippen LogP contribution in [0.4, 0.5) is 5.69 Å². The lowest BCUT2D eigenvalue weighted by Gasteiger charge is -2.31. The Morgan fingerprint density at radius 3 is 2.38 bits per heavy atom. The Morgan fingerprint density at radius 1 is 1.29 bits per heavy atom. The number of aliphatic carboxylic acids is 1. The van der Waals surface area contributed by atoms with E-state index in [-0.39, 0.29) is 23.8 Å². The first-order chi connectivity index (χ1) is 9.81. The van der Waals surface area contributed by atoms with E-state index in [2.05, 4.69) is 13.8 Å². The standard InChI is InChI=1S/C17H23NO3/c1-12-6-8-13(9-7-12)18(11-15(19)20)16(21)14-5-4-10-17(14,2)3/h6-9,14H,4-5,10-11H2,1-3H3,(H,19,20). The predicted molar refractivity (Wildman–Crippen MR) is 82.3 cm³/mol. The largest absolute Gasteiger partial charge is 0.480 e. The molecular formula is C17H23NO3. The maximum atomic E-state index is 12.8. The van der Waals surface area contributed by atoms with Crippen LogP contribution in [0.15, 0.2) is 24.3 Å². The fraction of sp³-hybridized carbons (Fsp3) is 0.529. The van der Waals surface area contributed by atoms with Gasteiger partial charge in [-0.3, -0.25) is 9.59 Å². The molecule has 0 heterocycles. The summed E-state index contributed by atoms with van der Waals surface area (Å²) in [5.41, 5.74) is 1.69. The lowest BCUT2D eigenvalue weighted by atomic mass is 9.81. The quantitative estimate of drug-likeness (QED) is 0.925. The van der Waals surface area contributed by atoms with Gasteiger partial charge in [0.2, 0.25) is 5.91 Å². The molecule has 0 bridgehead atoms. The van der Waals surface area contributed by atoms with Crippen LogP contribution in [0.25, 0.3) is 0 Å². The first-order valence-corrected chi connectivity index (χ1v) is 7.41. The zero-order valence-electron chi connectivity index (χ0n) is 12.9. The summed E-state index contributed by atoms with van der Waals surface area (Å²) in [5.74, 6) is -1.15. The fourth-order valence-electron chi connectivity index (χ4n) is 3.13. The van der Waals surface area contributed by atoms with Crippen molar-refractivity contribution in [2.45, 2.75) is 40.0 Å². The normalized spacial score (nSPS) is 20.2. The van der Waals surface area contributed by atoms with Gasteiger partial charge in [-0.15, -0.1) is 0 Å².